The van der Waals surface area contributed by atoms with Gasteiger partial charge in [-0.15, -0.1) is 0 Å². The second-order valence-corrected chi connectivity index (χ2v) is 6.27. The molecule has 0 N–H and O–H groups in total. The smallest absolute Gasteiger partial charge is 0.243 e. The normalized spacial score (nSPS) is 21.0. The van der Waals surface area contributed by atoms with Gasteiger partial charge in [0.05, 0.1) is 17.1 Å². The number of carbonyl (C=O) groups excluding carboxylic acids is 1. The first kappa shape index (κ1) is 13.6. The van der Waals surface area contributed by atoms with Gasteiger partial charge >= 0.3 is 0 Å². The second-order valence-electron chi connectivity index (χ2n) is 6.27. The molecular formula is C18H21N3O. The number of fused-ring (bicyclic) bond motifs is 1. The minimum atomic E-state index is 0.196. The third-order valence-electron chi connectivity index (χ3n) is 4.72. The number of aromatic nitrogens is 2. The Balaban J connectivity index is 1.66. The zero-order valence-corrected chi connectivity index (χ0v) is 12.9. The number of amides is 1. The predicted molar refractivity (Wildman–Crippen MR) is 86.6 cm³/mol. The summed E-state index contributed by atoms with van der Waals surface area (Å²) in [6, 6.07) is 8.39. The summed E-state index contributed by atoms with van der Waals surface area (Å²) in [5.41, 5.74) is 2.08. The first-order valence-corrected chi connectivity index (χ1v) is 8.19. The van der Waals surface area contributed by atoms with Crippen LogP contribution in [0.3, 0.4) is 0 Å². The van der Waals surface area contributed by atoms with Crippen molar-refractivity contribution in [3.63, 3.8) is 0 Å². The SMILES string of the molecule is CCC1C=CCN1C(=O)Cn1c(C2CC2)nc2ccccc21. The van der Waals surface area contributed by atoms with Crippen molar-refractivity contribution in [1.82, 2.24) is 14.5 Å². The van der Waals surface area contributed by atoms with E-state index < -0.39 is 0 Å². The lowest BCUT2D eigenvalue weighted by Gasteiger charge is -2.24. The van der Waals surface area contributed by atoms with Crippen LogP contribution in [0.25, 0.3) is 11.0 Å². The molecule has 2 aromatic rings. The van der Waals surface area contributed by atoms with Crippen molar-refractivity contribution in [2.45, 2.75) is 44.7 Å². The van der Waals surface area contributed by atoms with Gasteiger partial charge in [0.1, 0.15) is 12.4 Å². The van der Waals surface area contributed by atoms with E-state index in [0.717, 1.165) is 29.8 Å². The van der Waals surface area contributed by atoms with E-state index in [-0.39, 0.29) is 11.9 Å². The quantitative estimate of drug-likeness (QED) is 0.813. The van der Waals surface area contributed by atoms with E-state index >= 15 is 0 Å². The maximum atomic E-state index is 12.8. The van der Waals surface area contributed by atoms with Crippen molar-refractivity contribution in [2.24, 2.45) is 0 Å². The predicted octanol–water partition coefficient (Wildman–Crippen LogP) is 3.09. The van der Waals surface area contributed by atoms with Crippen molar-refractivity contribution in [2.75, 3.05) is 6.54 Å². The molecular weight excluding hydrogens is 274 g/mol. The summed E-state index contributed by atoms with van der Waals surface area (Å²) in [6.45, 7) is 3.27. The van der Waals surface area contributed by atoms with Crippen molar-refractivity contribution in [3.8, 4) is 0 Å². The Kier molecular flexibility index (Phi) is 3.25. The molecule has 4 nitrogen and oxygen atoms in total. The highest BCUT2D eigenvalue weighted by atomic mass is 16.2. The molecule has 0 radical (unpaired) electrons. The molecule has 0 spiro atoms. The van der Waals surface area contributed by atoms with Crippen molar-refractivity contribution in [3.05, 3.63) is 42.2 Å². The molecule has 1 saturated carbocycles. The average molecular weight is 295 g/mol. The highest BCUT2D eigenvalue weighted by Crippen LogP contribution is 2.40. The molecule has 1 aromatic heterocycles. The van der Waals surface area contributed by atoms with Gasteiger partial charge in [0.2, 0.25) is 5.91 Å². The molecule has 1 fully saturated rings. The molecule has 0 saturated heterocycles. The number of hydrogen-bond acceptors (Lipinski definition) is 2. The molecule has 0 bridgehead atoms. The first-order valence-electron chi connectivity index (χ1n) is 8.19. The standard InChI is InChI=1S/C18H21N3O/c1-2-14-6-5-11-20(14)17(22)12-21-16-8-4-3-7-15(16)19-18(21)13-9-10-13/h3-8,13-14H,2,9-12H2,1H3. The zero-order valence-electron chi connectivity index (χ0n) is 12.9. The van der Waals surface area contributed by atoms with Gasteiger partial charge in [-0.25, -0.2) is 4.98 Å². The molecule has 2 heterocycles. The van der Waals surface area contributed by atoms with Gasteiger partial charge in [-0.05, 0) is 31.4 Å². The van der Waals surface area contributed by atoms with E-state index in [2.05, 4.69) is 29.7 Å². The van der Waals surface area contributed by atoms with Gasteiger partial charge in [-0.1, -0.05) is 31.2 Å². The summed E-state index contributed by atoms with van der Waals surface area (Å²) < 4.78 is 2.14. The van der Waals surface area contributed by atoms with Gasteiger partial charge in [-0.2, -0.15) is 0 Å². The lowest BCUT2D eigenvalue weighted by molar-refractivity contribution is -0.132. The maximum absolute atomic E-state index is 12.8. The fraction of sp³-hybridized carbons (Fsp3) is 0.444. The van der Waals surface area contributed by atoms with E-state index in [1.54, 1.807) is 0 Å². The van der Waals surface area contributed by atoms with Gasteiger partial charge in [0.15, 0.2) is 0 Å². The molecule has 1 aliphatic heterocycles. The highest BCUT2D eigenvalue weighted by Gasteiger charge is 2.31. The third kappa shape index (κ3) is 2.23. The van der Waals surface area contributed by atoms with Crippen LogP contribution in [0.15, 0.2) is 36.4 Å². The maximum Gasteiger partial charge on any atom is 0.243 e. The van der Waals surface area contributed by atoms with E-state index in [0.29, 0.717) is 12.5 Å². The molecule has 1 atom stereocenters. The molecule has 4 heteroatoms. The van der Waals surface area contributed by atoms with Gasteiger partial charge in [0, 0.05) is 12.5 Å². The van der Waals surface area contributed by atoms with E-state index in [1.807, 2.05) is 23.1 Å². The molecule has 114 valence electrons. The average Bonchev–Trinajstić information content (AvgIpc) is 3.16. The van der Waals surface area contributed by atoms with Gasteiger partial charge in [-0.3, -0.25) is 4.79 Å². The molecule has 2 aliphatic rings. The van der Waals surface area contributed by atoms with Crippen molar-refractivity contribution < 1.29 is 4.79 Å². The fourth-order valence-electron chi connectivity index (χ4n) is 3.35. The minimum absolute atomic E-state index is 0.196. The number of rotatable bonds is 4. The third-order valence-corrected chi connectivity index (χ3v) is 4.72. The van der Waals surface area contributed by atoms with Crippen molar-refractivity contribution in [1.29, 1.82) is 0 Å². The van der Waals surface area contributed by atoms with Crippen LogP contribution in [0.5, 0.6) is 0 Å². The summed E-state index contributed by atoms with van der Waals surface area (Å²) in [4.78, 5) is 19.5. The Hall–Kier alpha value is -2.10. The number of imidazole rings is 1. The number of carbonyl (C=O) groups is 1. The number of hydrogen-bond donors (Lipinski definition) is 0. The Morgan fingerprint density at radius 3 is 2.91 bits per heavy atom. The molecule has 1 aromatic carbocycles. The fourth-order valence-corrected chi connectivity index (χ4v) is 3.35. The van der Waals surface area contributed by atoms with E-state index in [1.165, 1.54) is 12.8 Å². The van der Waals surface area contributed by atoms with Gasteiger partial charge < -0.3 is 9.47 Å². The summed E-state index contributed by atoms with van der Waals surface area (Å²) in [5.74, 6) is 1.83. The van der Waals surface area contributed by atoms with Gasteiger partial charge in [0.25, 0.3) is 0 Å². The Morgan fingerprint density at radius 1 is 1.32 bits per heavy atom. The molecule has 1 unspecified atom stereocenters. The highest BCUT2D eigenvalue weighted by molar-refractivity contribution is 5.82. The van der Waals surface area contributed by atoms with Crippen LogP contribution in [-0.4, -0.2) is 32.9 Å². The van der Waals surface area contributed by atoms with Crippen LogP contribution >= 0.6 is 0 Å². The van der Waals surface area contributed by atoms with Crippen LogP contribution in [0.4, 0.5) is 0 Å². The zero-order chi connectivity index (χ0) is 15.1. The van der Waals surface area contributed by atoms with Crippen LogP contribution < -0.4 is 0 Å². The van der Waals surface area contributed by atoms with Crippen LogP contribution in [-0.2, 0) is 11.3 Å². The molecule has 22 heavy (non-hydrogen) atoms. The largest absolute Gasteiger partial charge is 0.331 e. The van der Waals surface area contributed by atoms with E-state index in [9.17, 15) is 4.79 Å². The molecule has 1 aliphatic carbocycles. The number of nitrogens with zero attached hydrogens (tertiary/aromatic N) is 3. The number of benzene rings is 1. The Morgan fingerprint density at radius 2 is 2.14 bits per heavy atom. The lowest BCUT2D eigenvalue weighted by atomic mass is 10.2. The van der Waals surface area contributed by atoms with E-state index in [4.69, 9.17) is 4.98 Å². The molecule has 1 amide bonds. The monoisotopic (exact) mass is 295 g/mol. The summed E-state index contributed by atoms with van der Waals surface area (Å²) in [7, 11) is 0. The van der Waals surface area contributed by atoms with Crippen molar-refractivity contribution >= 4 is 16.9 Å². The summed E-state index contributed by atoms with van der Waals surface area (Å²) in [6.07, 6.45) is 7.61. The summed E-state index contributed by atoms with van der Waals surface area (Å²) in [5, 5.41) is 0. The lowest BCUT2D eigenvalue weighted by Crippen LogP contribution is -2.38. The van der Waals surface area contributed by atoms with Crippen LogP contribution in [0, 0.1) is 0 Å². The summed E-state index contributed by atoms with van der Waals surface area (Å²) >= 11 is 0. The minimum Gasteiger partial charge on any atom is -0.331 e. The Labute approximate surface area is 130 Å². The van der Waals surface area contributed by atoms with Crippen LogP contribution in [0.1, 0.15) is 37.9 Å². The second kappa shape index (κ2) is 5.27. The number of para-hydroxylation sites is 2. The Bertz CT molecular complexity index is 742. The molecule has 4 rings (SSSR count). The first-order chi connectivity index (χ1) is 10.8. The topological polar surface area (TPSA) is 38.1 Å². The van der Waals surface area contributed by atoms with Crippen LogP contribution in [0.2, 0.25) is 0 Å².